The number of amides is 1. The van der Waals surface area contributed by atoms with Crippen LogP contribution in [0.3, 0.4) is 0 Å². The third-order valence-corrected chi connectivity index (χ3v) is 5.07. The van der Waals surface area contributed by atoms with E-state index in [1.807, 2.05) is 34.9 Å². The Morgan fingerprint density at radius 3 is 2.76 bits per heavy atom. The normalized spacial score (nSPS) is 14.4. The number of nitrogens with zero attached hydrogens (tertiary/aromatic N) is 4. The third-order valence-electron chi connectivity index (χ3n) is 4.09. The summed E-state index contributed by atoms with van der Waals surface area (Å²) >= 11 is 1.57. The molecule has 0 atom stereocenters. The number of carbonyl (C=O) groups is 1. The van der Waals surface area contributed by atoms with E-state index in [0.717, 1.165) is 4.90 Å². The molecule has 1 aliphatic rings. The van der Waals surface area contributed by atoms with E-state index in [1.165, 1.54) is 5.56 Å². The van der Waals surface area contributed by atoms with Crippen LogP contribution in [0.1, 0.15) is 17.1 Å². The summed E-state index contributed by atoms with van der Waals surface area (Å²) in [7, 11) is 0. The summed E-state index contributed by atoms with van der Waals surface area (Å²) in [6.45, 7) is 6.31. The van der Waals surface area contributed by atoms with Gasteiger partial charge in [-0.1, -0.05) is 17.7 Å². The smallest absolute Gasteiger partial charge is 0.234 e. The number of thioether (sulfide) groups is 1. The highest BCUT2D eigenvalue weighted by molar-refractivity contribution is 8.00. The molecule has 0 aliphatic carbocycles. The summed E-state index contributed by atoms with van der Waals surface area (Å²) in [5, 5.41) is 9.13. The summed E-state index contributed by atoms with van der Waals surface area (Å²) in [5.41, 5.74) is 1.51. The lowest BCUT2D eigenvalue weighted by atomic mass is 10.2. The lowest BCUT2D eigenvalue weighted by Gasteiger charge is -2.34. The van der Waals surface area contributed by atoms with Crippen LogP contribution in [0.2, 0.25) is 0 Å². The molecule has 2 aromatic rings. The van der Waals surface area contributed by atoms with Crippen LogP contribution in [0, 0.1) is 25.2 Å². The number of hydrogen-bond donors (Lipinski definition) is 0. The summed E-state index contributed by atoms with van der Waals surface area (Å²) < 4.78 is 5.54. The monoisotopic (exact) mass is 356 g/mol. The molecule has 6 nitrogen and oxygen atoms in total. The van der Waals surface area contributed by atoms with Crippen LogP contribution in [-0.4, -0.2) is 47.7 Å². The van der Waals surface area contributed by atoms with E-state index in [-0.39, 0.29) is 5.91 Å². The molecule has 1 fully saturated rings. The van der Waals surface area contributed by atoms with E-state index >= 15 is 0 Å². The first-order chi connectivity index (χ1) is 12.1. The van der Waals surface area contributed by atoms with Crippen LogP contribution < -0.4 is 4.90 Å². The molecule has 25 heavy (non-hydrogen) atoms. The molecule has 0 saturated carbocycles. The molecular formula is C18H20N4O2S. The molecule has 1 amide bonds. The van der Waals surface area contributed by atoms with Gasteiger partial charge in [-0.3, -0.25) is 4.79 Å². The first-order valence-corrected chi connectivity index (χ1v) is 9.15. The van der Waals surface area contributed by atoms with E-state index in [2.05, 4.69) is 17.1 Å². The minimum Gasteiger partial charge on any atom is -0.424 e. The fourth-order valence-electron chi connectivity index (χ4n) is 2.80. The van der Waals surface area contributed by atoms with E-state index < -0.39 is 0 Å². The van der Waals surface area contributed by atoms with E-state index in [9.17, 15) is 4.79 Å². The van der Waals surface area contributed by atoms with Crippen molar-refractivity contribution in [3.05, 3.63) is 41.4 Å². The second kappa shape index (κ2) is 7.62. The Labute approximate surface area is 151 Å². The number of piperazine rings is 1. The zero-order valence-electron chi connectivity index (χ0n) is 14.4. The van der Waals surface area contributed by atoms with Gasteiger partial charge in [-0.2, -0.15) is 5.26 Å². The predicted octanol–water partition coefficient (Wildman–Crippen LogP) is 2.60. The van der Waals surface area contributed by atoms with Gasteiger partial charge in [0.15, 0.2) is 5.89 Å². The second-order valence-corrected chi connectivity index (χ2v) is 7.02. The van der Waals surface area contributed by atoms with Gasteiger partial charge in [0.05, 0.1) is 5.75 Å². The molecule has 7 heteroatoms. The van der Waals surface area contributed by atoms with Gasteiger partial charge in [0, 0.05) is 38.0 Å². The SMILES string of the molecule is Cc1cccc(SCC(=O)N2CCN(c3oc(C)nc3C#N)CC2)c1. The number of oxazole rings is 1. The number of aromatic nitrogens is 1. The number of anilines is 1. The number of rotatable bonds is 4. The quantitative estimate of drug-likeness (QED) is 0.784. The topological polar surface area (TPSA) is 73.4 Å². The molecule has 1 aromatic heterocycles. The summed E-state index contributed by atoms with van der Waals surface area (Å²) in [6.07, 6.45) is 0. The van der Waals surface area contributed by atoms with Gasteiger partial charge in [0.2, 0.25) is 17.5 Å². The Bertz CT molecular complexity index is 804. The van der Waals surface area contributed by atoms with Crippen molar-refractivity contribution in [2.45, 2.75) is 18.7 Å². The number of carbonyl (C=O) groups excluding carboxylic acids is 1. The molecule has 0 unspecified atom stereocenters. The van der Waals surface area contributed by atoms with Gasteiger partial charge in [0.1, 0.15) is 6.07 Å². The van der Waals surface area contributed by atoms with Crippen molar-refractivity contribution in [1.29, 1.82) is 5.26 Å². The van der Waals surface area contributed by atoms with Crippen LogP contribution >= 0.6 is 11.8 Å². The van der Waals surface area contributed by atoms with Gasteiger partial charge in [-0.25, -0.2) is 4.98 Å². The molecule has 3 rings (SSSR count). The van der Waals surface area contributed by atoms with Gasteiger partial charge in [0.25, 0.3) is 0 Å². The zero-order valence-corrected chi connectivity index (χ0v) is 15.2. The van der Waals surface area contributed by atoms with Crippen LogP contribution in [0.15, 0.2) is 33.6 Å². The van der Waals surface area contributed by atoms with Crippen molar-refractivity contribution < 1.29 is 9.21 Å². The second-order valence-electron chi connectivity index (χ2n) is 5.97. The molecular weight excluding hydrogens is 336 g/mol. The fourth-order valence-corrected chi connectivity index (χ4v) is 3.72. The van der Waals surface area contributed by atoms with Crippen molar-refractivity contribution in [3.8, 4) is 6.07 Å². The fraction of sp³-hybridized carbons (Fsp3) is 0.389. The lowest BCUT2D eigenvalue weighted by molar-refractivity contribution is -0.128. The molecule has 0 bridgehead atoms. The summed E-state index contributed by atoms with van der Waals surface area (Å²) in [6, 6.07) is 10.2. The highest BCUT2D eigenvalue weighted by atomic mass is 32.2. The van der Waals surface area contributed by atoms with Crippen molar-refractivity contribution in [3.63, 3.8) is 0 Å². The third kappa shape index (κ3) is 4.15. The minimum atomic E-state index is 0.139. The average Bonchev–Trinajstić information content (AvgIpc) is 3.01. The first kappa shape index (κ1) is 17.4. The Morgan fingerprint density at radius 1 is 1.32 bits per heavy atom. The van der Waals surface area contributed by atoms with E-state index in [4.69, 9.17) is 9.68 Å². The van der Waals surface area contributed by atoms with Gasteiger partial charge < -0.3 is 14.2 Å². The van der Waals surface area contributed by atoms with Crippen molar-refractivity contribution in [2.75, 3.05) is 36.8 Å². The van der Waals surface area contributed by atoms with Crippen LogP contribution in [0.4, 0.5) is 5.88 Å². The largest absolute Gasteiger partial charge is 0.424 e. The molecule has 0 N–H and O–H groups in total. The average molecular weight is 356 g/mol. The molecule has 1 aliphatic heterocycles. The maximum absolute atomic E-state index is 12.4. The van der Waals surface area contributed by atoms with Crippen molar-refractivity contribution in [1.82, 2.24) is 9.88 Å². The number of nitriles is 1. The molecule has 1 aromatic carbocycles. The standard InChI is InChI=1S/C18H20N4O2S/c1-13-4-3-5-15(10-13)25-12-17(23)21-6-8-22(9-7-21)18-16(11-19)20-14(2)24-18/h3-5,10H,6-9,12H2,1-2H3. The Morgan fingerprint density at radius 2 is 2.08 bits per heavy atom. The molecule has 0 radical (unpaired) electrons. The molecule has 130 valence electrons. The van der Waals surface area contributed by atoms with Gasteiger partial charge >= 0.3 is 0 Å². The number of aryl methyl sites for hydroxylation is 2. The first-order valence-electron chi connectivity index (χ1n) is 8.16. The van der Waals surface area contributed by atoms with Crippen LogP contribution in [0.5, 0.6) is 0 Å². The highest BCUT2D eigenvalue weighted by Crippen LogP contribution is 2.23. The Kier molecular flexibility index (Phi) is 5.29. The molecule has 1 saturated heterocycles. The predicted molar refractivity (Wildman–Crippen MR) is 96.7 cm³/mol. The summed E-state index contributed by atoms with van der Waals surface area (Å²) in [5.74, 6) is 1.58. The molecule has 2 heterocycles. The maximum atomic E-state index is 12.4. The lowest BCUT2D eigenvalue weighted by Crippen LogP contribution is -2.49. The molecule has 0 spiro atoms. The Hall–Kier alpha value is -2.46. The van der Waals surface area contributed by atoms with Crippen LogP contribution in [-0.2, 0) is 4.79 Å². The van der Waals surface area contributed by atoms with E-state index in [1.54, 1.807) is 18.7 Å². The van der Waals surface area contributed by atoms with Gasteiger partial charge in [-0.15, -0.1) is 11.8 Å². The van der Waals surface area contributed by atoms with Crippen molar-refractivity contribution in [2.24, 2.45) is 0 Å². The van der Waals surface area contributed by atoms with Gasteiger partial charge in [-0.05, 0) is 19.1 Å². The maximum Gasteiger partial charge on any atom is 0.234 e. The number of benzene rings is 1. The number of hydrogen-bond acceptors (Lipinski definition) is 6. The minimum absolute atomic E-state index is 0.139. The Balaban J connectivity index is 1.53. The van der Waals surface area contributed by atoms with Crippen LogP contribution in [0.25, 0.3) is 0 Å². The zero-order chi connectivity index (χ0) is 17.8. The van der Waals surface area contributed by atoms with E-state index in [0.29, 0.717) is 49.4 Å². The summed E-state index contributed by atoms with van der Waals surface area (Å²) in [4.78, 5) is 21.5. The highest BCUT2D eigenvalue weighted by Gasteiger charge is 2.25. The van der Waals surface area contributed by atoms with Crippen molar-refractivity contribution >= 4 is 23.6 Å².